The molecule has 0 unspecified atom stereocenters. The summed E-state index contributed by atoms with van der Waals surface area (Å²) in [5.74, 6) is -0.415. The molecule has 1 amide bonds. The van der Waals surface area contributed by atoms with E-state index in [2.05, 4.69) is 41.6 Å². The van der Waals surface area contributed by atoms with Gasteiger partial charge >= 0.3 is 0 Å². The number of amides is 1. The van der Waals surface area contributed by atoms with Gasteiger partial charge in [0.2, 0.25) is 5.91 Å². The fraction of sp³-hybridized carbons (Fsp3) is 0.533. The molecule has 0 aliphatic heterocycles. The number of nitrogens with two attached hydrogens (primary N) is 2. The SMILES string of the molecule is CCCN(CC(C)(C)CN)c1ccc(C(N)=O)cc1Br. The van der Waals surface area contributed by atoms with E-state index in [-0.39, 0.29) is 5.41 Å². The molecular formula is C15H24BrN3O. The normalized spacial score (nSPS) is 11.4. The van der Waals surface area contributed by atoms with Gasteiger partial charge in [-0.3, -0.25) is 4.79 Å². The van der Waals surface area contributed by atoms with E-state index in [1.54, 1.807) is 12.1 Å². The molecule has 5 heteroatoms. The number of nitrogens with zero attached hydrogens (tertiary/aromatic N) is 1. The minimum Gasteiger partial charge on any atom is -0.370 e. The molecule has 1 aromatic rings. The number of halogens is 1. The predicted molar refractivity (Wildman–Crippen MR) is 88.0 cm³/mol. The molecular weight excluding hydrogens is 318 g/mol. The van der Waals surface area contributed by atoms with Crippen LogP contribution in [-0.4, -0.2) is 25.5 Å². The van der Waals surface area contributed by atoms with Crippen molar-refractivity contribution in [2.24, 2.45) is 16.9 Å². The highest BCUT2D eigenvalue weighted by Crippen LogP contribution is 2.30. The van der Waals surface area contributed by atoms with Gasteiger partial charge in [-0.15, -0.1) is 0 Å². The van der Waals surface area contributed by atoms with Gasteiger partial charge in [0.25, 0.3) is 0 Å². The van der Waals surface area contributed by atoms with Crippen LogP contribution in [0.4, 0.5) is 5.69 Å². The Hall–Kier alpha value is -1.07. The summed E-state index contributed by atoms with van der Waals surface area (Å²) in [4.78, 5) is 13.5. The van der Waals surface area contributed by atoms with Gasteiger partial charge in [-0.05, 0) is 52.5 Å². The quantitative estimate of drug-likeness (QED) is 0.800. The smallest absolute Gasteiger partial charge is 0.248 e. The first-order chi connectivity index (χ1) is 9.30. The molecule has 112 valence electrons. The van der Waals surface area contributed by atoms with E-state index < -0.39 is 5.91 Å². The van der Waals surface area contributed by atoms with Crippen LogP contribution in [0.3, 0.4) is 0 Å². The Morgan fingerprint density at radius 2 is 2.05 bits per heavy atom. The molecule has 1 rings (SSSR count). The van der Waals surface area contributed by atoms with Gasteiger partial charge in [0, 0.05) is 23.1 Å². The van der Waals surface area contributed by atoms with Gasteiger partial charge in [-0.25, -0.2) is 0 Å². The summed E-state index contributed by atoms with van der Waals surface area (Å²) in [6.07, 6.45) is 1.05. The van der Waals surface area contributed by atoms with Crippen LogP contribution >= 0.6 is 15.9 Å². The molecule has 0 bridgehead atoms. The molecule has 0 aliphatic carbocycles. The van der Waals surface area contributed by atoms with E-state index >= 15 is 0 Å². The largest absolute Gasteiger partial charge is 0.370 e. The van der Waals surface area contributed by atoms with Crippen molar-refractivity contribution >= 4 is 27.5 Å². The van der Waals surface area contributed by atoms with Crippen LogP contribution in [0.2, 0.25) is 0 Å². The van der Waals surface area contributed by atoms with Crippen molar-refractivity contribution in [2.75, 3.05) is 24.5 Å². The lowest BCUT2D eigenvalue weighted by molar-refractivity contribution is 0.1000. The summed E-state index contributed by atoms with van der Waals surface area (Å²) in [7, 11) is 0. The van der Waals surface area contributed by atoms with Gasteiger partial charge in [-0.1, -0.05) is 20.8 Å². The van der Waals surface area contributed by atoms with Crippen LogP contribution in [0.5, 0.6) is 0 Å². The molecule has 0 radical (unpaired) electrons. The minimum absolute atomic E-state index is 0.0387. The summed E-state index contributed by atoms with van der Waals surface area (Å²) in [5, 5.41) is 0. The zero-order valence-corrected chi connectivity index (χ0v) is 14.0. The first-order valence-corrected chi connectivity index (χ1v) is 7.64. The molecule has 0 saturated carbocycles. The molecule has 4 nitrogen and oxygen atoms in total. The van der Waals surface area contributed by atoms with Gasteiger partial charge in [0.05, 0.1) is 5.69 Å². The van der Waals surface area contributed by atoms with E-state index in [0.717, 1.165) is 29.7 Å². The molecule has 0 spiro atoms. The summed E-state index contributed by atoms with van der Waals surface area (Å²) in [5.41, 5.74) is 12.7. The van der Waals surface area contributed by atoms with E-state index in [1.165, 1.54) is 0 Å². The molecule has 0 atom stereocenters. The molecule has 4 N–H and O–H groups in total. The van der Waals surface area contributed by atoms with Crippen LogP contribution in [0.1, 0.15) is 37.6 Å². The van der Waals surface area contributed by atoms with Gasteiger partial charge in [-0.2, -0.15) is 0 Å². The minimum atomic E-state index is -0.415. The number of carbonyl (C=O) groups excluding carboxylic acids is 1. The Kier molecular flexibility index (Phi) is 6.02. The van der Waals surface area contributed by atoms with Gasteiger partial charge in [0.15, 0.2) is 0 Å². The van der Waals surface area contributed by atoms with Crippen molar-refractivity contribution in [1.82, 2.24) is 0 Å². The monoisotopic (exact) mass is 341 g/mol. The zero-order chi connectivity index (χ0) is 15.3. The van der Waals surface area contributed by atoms with Crippen molar-refractivity contribution in [2.45, 2.75) is 27.2 Å². The van der Waals surface area contributed by atoms with Crippen LogP contribution in [-0.2, 0) is 0 Å². The third kappa shape index (κ3) is 4.49. The first kappa shape index (κ1) is 17.0. The average Bonchev–Trinajstić information content (AvgIpc) is 2.38. The highest BCUT2D eigenvalue weighted by Gasteiger charge is 2.21. The third-order valence-corrected chi connectivity index (χ3v) is 3.87. The maximum atomic E-state index is 11.2. The van der Waals surface area contributed by atoms with Crippen molar-refractivity contribution < 1.29 is 4.79 Å². The van der Waals surface area contributed by atoms with E-state index in [0.29, 0.717) is 12.1 Å². The van der Waals surface area contributed by atoms with Crippen LogP contribution in [0.15, 0.2) is 22.7 Å². The Morgan fingerprint density at radius 3 is 2.50 bits per heavy atom. The van der Waals surface area contributed by atoms with Gasteiger partial charge in [0.1, 0.15) is 0 Å². The standard InChI is InChI=1S/C15H24BrN3O/c1-4-7-19(10-15(2,3)9-17)13-6-5-11(14(18)20)8-12(13)16/h5-6,8H,4,7,9-10,17H2,1-3H3,(H2,18,20). The van der Waals surface area contributed by atoms with E-state index in [9.17, 15) is 4.79 Å². The molecule has 0 saturated heterocycles. The number of hydrogen-bond acceptors (Lipinski definition) is 3. The lowest BCUT2D eigenvalue weighted by Gasteiger charge is -2.34. The van der Waals surface area contributed by atoms with Gasteiger partial charge < -0.3 is 16.4 Å². The lowest BCUT2D eigenvalue weighted by atomic mass is 9.92. The van der Waals surface area contributed by atoms with Crippen molar-refractivity contribution in [3.8, 4) is 0 Å². The van der Waals surface area contributed by atoms with Crippen molar-refractivity contribution in [3.05, 3.63) is 28.2 Å². The molecule has 0 aromatic heterocycles. The Morgan fingerprint density at radius 1 is 1.40 bits per heavy atom. The second-order valence-electron chi connectivity index (χ2n) is 5.82. The number of primary amides is 1. The van der Waals surface area contributed by atoms with Crippen LogP contribution in [0, 0.1) is 5.41 Å². The molecule has 1 aromatic carbocycles. The third-order valence-electron chi connectivity index (χ3n) is 3.24. The Bertz CT molecular complexity index is 474. The fourth-order valence-electron chi connectivity index (χ4n) is 2.05. The highest BCUT2D eigenvalue weighted by atomic mass is 79.9. The first-order valence-electron chi connectivity index (χ1n) is 6.85. The van der Waals surface area contributed by atoms with E-state index in [4.69, 9.17) is 11.5 Å². The molecule has 20 heavy (non-hydrogen) atoms. The second kappa shape index (κ2) is 7.09. The predicted octanol–water partition coefficient (Wildman–Crippen LogP) is 2.75. The number of carbonyl (C=O) groups is 1. The number of anilines is 1. The summed E-state index contributed by atoms with van der Waals surface area (Å²) >= 11 is 3.53. The highest BCUT2D eigenvalue weighted by molar-refractivity contribution is 9.10. The lowest BCUT2D eigenvalue weighted by Crippen LogP contribution is -2.39. The topological polar surface area (TPSA) is 72.3 Å². The van der Waals surface area contributed by atoms with Crippen molar-refractivity contribution in [3.63, 3.8) is 0 Å². The van der Waals surface area contributed by atoms with Crippen LogP contribution < -0.4 is 16.4 Å². The average molecular weight is 342 g/mol. The summed E-state index contributed by atoms with van der Waals surface area (Å²) in [6.45, 7) is 8.89. The molecule has 0 aliphatic rings. The summed E-state index contributed by atoms with van der Waals surface area (Å²) < 4.78 is 0.884. The molecule has 0 heterocycles. The summed E-state index contributed by atoms with van der Waals surface area (Å²) in [6, 6.07) is 5.47. The molecule has 0 fully saturated rings. The van der Waals surface area contributed by atoms with Crippen molar-refractivity contribution in [1.29, 1.82) is 0 Å². The fourth-order valence-corrected chi connectivity index (χ4v) is 2.68. The number of hydrogen-bond donors (Lipinski definition) is 2. The van der Waals surface area contributed by atoms with E-state index in [1.807, 2.05) is 6.07 Å². The number of rotatable bonds is 7. The maximum Gasteiger partial charge on any atom is 0.248 e. The Balaban J connectivity index is 3.06. The maximum absolute atomic E-state index is 11.2. The Labute approximate surface area is 129 Å². The van der Waals surface area contributed by atoms with Crippen LogP contribution in [0.25, 0.3) is 0 Å². The zero-order valence-electron chi connectivity index (χ0n) is 12.4. The second-order valence-corrected chi connectivity index (χ2v) is 6.67. The number of benzene rings is 1.